The summed E-state index contributed by atoms with van der Waals surface area (Å²) in [6.45, 7) is 4.00. The number of hydrogen-bond donors (Lipinski definition) is 0. The van der Waals surface area contributed by atoms with Gasteiger partial charge in [0, 0.05) is 5.39 Å². The van der Waals surface area contributed by atoms with E-state index in [-0.39, 0.29) is 5.63 Å². The van der Waals surface area contributed by atoms with Crippen LogP contribution in [0.25, 0.3) is 22.1 Å². The highest BCUT2D eigenvalue weighted by molar-refractivity contribution is 5.82. The van der Waals surface area contributed by atoms with E-state index in [1.54, 1.807) is 0 Å². The molecule has 0 aliphatic carbocycles. The van der Waals surface area contributed by atoms with Crippen LogP contribution in [0.15, 0.2) is 57.7 Å². The molecule has 0 radical (unpaired) electrons. The fourth-order valence-electron chi connectivity index (χ4n) is 2.15. The van der Waals surface area contributed by atoms with Crippen molar-refractivity contribution in [3.8, 4) is 11.1 Å². The van der Waals surface area contributed by atoms with Crippen LogP contribution >= 0.6 is 0 Å². The Balaban J connectivity index is 2.24. The first kappa shape index (κ1) is 11.7. The van der Waals surface area contributed by atoms with E-state index in [0.29, 0.717) is 11.1 Å². The van der Waals surface area contributed by atoms with Crippen LogP contribution < -0.4 is 5.63 Å². The summed E-state index contributed by atoms with van der Waals surface area (Å²) in [6.07, 6.45) is 0. The maximum atomic E-state index is 12.1. The molecule has 2 aromatic carbocycles. The Bertz CT molecular complexity index is 796. The first-order valence-electron chi connectivity index (χ1n) is 6.25. The molecule has 0 fully saturated rings. The molecule has 19 heavy (non-hydrogen) atoms. The van der Waals surface area contributed by atoms with Gasteiger partial charge in [0.25, 0.3) is 0 Å². The molecule has 0 spiro atoms. The molecule has 1 aromatic heterocycles. The molecule has 0 atom stereocenters. The van der Waals surface area contributed by atoms with Crippen LogP contribution in [0, 0.1) is 13.8 Å². The molecule has 2 nitrogen and oxygen atoms in total. The molecule has 0 bridgehead atoms. The predicted molar refractivity (Wildman–Crippen MR) is 77.4 cm³/mol. The maximum Gasteiger partial charge on any atom is 0.344 e. The van der Waals surface area contributed by atoms with Crippen molar-refractivity contribution in [2.45, 2.75) is 13.8 Å². The van der Waals surface area contributed by atoms with Crippen LogP contribution in [-0.4, -0.2) is 0 Å². The summed E-state index contributed by atoms with van der Waals surface area (Å²) in [5.74, 6) is 0. The van der Waals surface area contributed by atoms with Crippen LogP contribution in [0.3, 0.4) is 0 Å². The standard InChI is InChI=1S/C17H14O2/c1-11-3-6-13(7-4-11)15-10-14-8-5-12(2)9-16(14)19-17(15)18/h3-10H,1-2H3. The lowest BCUT2D eigenvalue weighted by Crippen LogP contribution is -2.02. The van der Waals surface area contributed by atoms with Crippen LogP contribution in [-0.2, 0) is 0 Å². The summed E-state index contributed by atoms with van der Waals surface area (Å²) in [4.78, 5) is 12.1. The molecule has 94 valence electrons. The first-order valence-corrected chi connectivity index (χ1v) is 6.25. The number of benzene rings is 2. The average Bonchev–Trinajstić information content (AvgIpc) is 2.39. The molecule has 2 heteroatoms. The minimum atomic E-state index is -0.290. The molecule has 0 amide bonds. The highest BCUT2D eigenvalue weighted by atomic mass is 16.4. The quantitative estimate of drug-likeness (QED) is 0.609. The topological polar surface area (TPSA) is 30.2 Å². The molecule has 0 saturated heterocycles. The van der Waals surface area contributed by atoms with Crippen LogP contribution in [0.4, 0.5) is 0 Å². The Morgan fingerprint density at radius 2 is 1.53 bits per heavy atom. The predicted octanol–water partition coefficient (Wildman–Crippen LogP) is 4.08. The van der Waals surface area contributed by atoms with Gasteiger partial charge in [-0.05, 0) is 37.1 Å². The SMILES string of the molecule is Cc1ccc(-c2cc3ccc(C)cc3oc2=O)cc1. The summed E-state index contributed by atoms with van der Waals surface area (Å²) < 4.78 is 5.40. The van der Waals surface area contributed by atoms with Crippen LogP contribution in [0.2, 0.25) is 0 Å². The third-order valence-corrected chi connectivity index (χ3v) is 3.25. The third-order valence-electron chi connectivity index (χ3n) is 3.25. The molecule has 0 aliphatic heterocycles. The monoisotopic (exact) mass is 250 g/mol. The zero-order chi connectivity index (χ0) is 13.4. The van der Waals surface area contributed by atoms with E-state index in [1.165, 1.54) is 5.56 Å². The van der Waals surface area contributed by atoms with Crippen LogP contribution in [0.1, 0.15) is 11.1 Å². The second kappa shape index (κ2) is 4.39. The van der Waals surface area contributed by atoms with E-state index < -0.39 is 0 Å². The van der Waals surface area contributed by atoms with Crippen molar-refractivity contribution in [3.63, 3.8) is 0 Å². The minimum absolute atomic E-state index is 0.290. The third kappa shape index (κ3) is 2.17. The lowest BCUT2D eigenvalue weighted by atomic mass is 10.0. The van der Waals surface area contributed by atoms with Gasteiger partial charge in [-0.1, -0.05) is 42.0 Å². The van der Waals surface area contributed by atoms with Crippen molar-refractivity contribution >= 4 is 11.0 Å². The Hall–Kier alpha value is -2.35. The zero-order valence-electron chi connectivity index (χ0n) is 10.9. The number of hydrogen-bond acceptors (Lipinski definition) is 2. The van der Waals surface area contributed by atoms with Gasteiger partial charge in [0.15, 0.2) is 0 Å². The molecule has 0 saturated carbocycles. The summed E-state index contributed by atoms with van der Waals surface area (Å²) >= 11 is 0. The lowest BCUT2D eigenvalue weighted by Gasteiger charge is -2.03. The summed E-state index contributed by atoms with van der Waals surface area (Å²) in [6, 6.07) is 15.7. The van der Waals surface area contributed by atoms with Gasteiger partial charge in [0.05, 0.1) is 5.56 Å². The lowest BCUT2D eigenvalue weighted by molar-refractivity contribution is 0.563. The fraction of sp³-hybridized carbons (Fsp3) is 0.118. The van der Waals surface area contributed by atoms with Crippen molar-refractivity contribution in [2.75, 3.05) is 0 Å². The maximum absolute atomic E-state index is 12.1. The number of fused-ring (bicyclic) bond motifs is 1. The molecule has 3 aromatic rings. The fourth-order valence-corrected chi connectivity index (χ4v) is 2.15. The van der Waals surface area contributed by atoms with Gasteiger partial charge < -0.3 is 4.42 Å². The van der Waals surface area contributed by atoms with Gasteiger partial charge in [-0.15, -0.1) is 0 Å². The van der Waals surface area contributed by atoms with Gasteiger partial charge in [0.2, 0.25) is 0 Å². The minimum Gasteiger partial charge on any atom is -0.422 e. The Morgan fingerprint density at radius 1 is 0.842 bits per heavy atom. The van der Waals surface area contributed by atoms with E-state index in [4.69, 9.17) is 4.42 Å². The summed E-state index contributed by atoms with van der Waals surface area (Å²) in [5, 5.41) is 0.945. The molecule has 1 heterocycles. The molecular weight excluding hydrogens is 236 g/mol. The van der Waals surface area contributed by atoms with Crippen molar-refractivity contribution in [3.05, 3.63) is 70.1 Å². The smallest absolute Gasteiger partial charge is 0.344 e. The van der Waals surface area contributed by atoms with Gasteiger partial charge in [0.1, 0.15) is 5.58 Å². The van der Waals surface area contributed by atoms with E-state index >= 15 is 0 Å². The van der Waals surface area contributed by atoms with Crippen molar-refractivity contribution in [2.24, 2.45) is 0 Å². The summed E-state index contributed by atoms with van der Waals surface area (Å²) in [7, 11) is 0. The second-order valence-electron chi connectivity index (χ2n) is 4.85. The number of aryl methyl sites for hydroxylation is 2. The largest absolute Gasteiger partial charge is 0.422 e. The second-order valence-corrected chi connectivity index (χ2v) is 4.85. The van der Waals surface area contributed by atoms with Gasteiger partial charge in [-0.3, -0.25) is 0 Å². The van der Waals surface area contributed by atoms with Crippen LogP contribution in [0.5, 0.6) is 0 Å². The van der Waals surface area contributed by atoms with E-state index in [0.717, 1.165) is 16.5 Å². The normalized spacial score (nSPS) is 10.8. The van der Waals surface area contributed by atoms with E-state index in [9.17, 15) is 4.79 Å². The van der Waals surface area contributed by atoms with Crippen molar-refractivity contribution < 1.29 is 4.42 Å². The molecular formula is C17H14O2. The Labute approximate surface area is 111 Å². The van der Waals surface area contributed by atoms with Gasteiger partial charge in [-0.25, -0.2) is 4.79 Å². The molecule has 0 aliphatic rings. The van der Waals surface area contributed by atoms with E-state index in [2.05, 4.69) is 0 Å². The molecule has 0 unspecified atom stereocenters. The zero-order valence-corrected chi connectivity index (χ0v) is 10.9. The molecule has 0 N–H and O–H groups in total. The summed E-state index contributed by atoms with van der Waals surface area (Å²) in [5.41, 5.74) is 4.10. The van der Waals surface area contributed by atoms with E-state index in [1.807, 2.05) is 62.4 Å². The van der Waals surface area contributed by atoms with Gasteiger partial charge in [-0.2, -0.15) is 0 Å². The highest BCUT2D eigenvalue weighted by Crippen LogP contribution is 2.22. The highest BCUT2D eigenvalue weighted by Gasteiger charge is 2.07. The number of rotatable bonds is 1. The average molecular weight is 250 g/mol. The Morgan fingerprint density at radius 3 is 2.26 bits per heavy atom. The molecule has 3 rings (SSSR count). The van der Waals surface area contributed by atoms with Gasteiger partial charge >= 0.3 is 5.63 Å². The van der Waals surface area contributed by atoms with Crippen molar-refractivity contribution in [1.82, 2.24) is 0 Å². The van der Waals surface area contributed by atoms with Crippen molar-refractivity contribution in [1.29, 1.82) is 0 Å². The Kier molecular flexibility index (Phi) is 2.71. The first-order chi connectivity index (χ1) is 9.13.